The molecule has 2 atom stereocenters. The van der Waals surface area contributed by atoms with E-state index in [1.165, 1.54) is 17.0 Å². The Hall–Kier alpha value is -2.59. The number of amides is 2. The van der Waals surface area contributed by atoms with Crippen molar-refractivity contribution in [3.8, 4) is 17.6 Å². The quantitative estimate of drug-likeness (QED) is 0.410. The van der Waals surface area contributed by atoms with Crippen LogP contribution in [0.4, 0.5) is 0 Å². The van der Waals surface area contributed by atoms with Gasteiger partial charge >= 0.3 is 5.97 Å². The van der Waals surface area contributed by atoms with Crippen molar-refractivity contribution < 1.29 is 23.9 Å². The smallest absolute Gasteiger partial charge is 0.313 e. The number of rotatable bonds is 6. The first-order chi connectivity index (χ1) is 13.5. The van der Waals surface area contributed by atoms with Gasteiger partial charge in [0.1, 0.15) is 0 Å². The third kappa shape index (κ3) is 3.97. The average molecular weight is 405 g/mol. The molecule has 28 heavy (non-hydrogen) atoms. The number of halogens is 1. The number of ether oxygens (including phenoxy) is 2. The van der Waals surface area contributed by atoms with Crippen LogP contribution in [-0.4, -0.2) is 35.8 Å². The van der Waals surface area contributed by atoms with Crippen molar-refractivity contribution in [1.29, 1.82) is 5.26 Å². The zero-order valence-corrected chi connectivity index (χ0v) is 16.3. The summed E-state index contributed by atoms with van der Waals surface area (Å²) in [5.41, 5.74) is 0.282. The van der Waals surface area contributed by atoms with Gasteiger partial charge in [0.2, 0.25) is 11.8 Å². The number of hydrogen-bond donors (Lipinski definition) is 0. The van der Waals surface area contributed by atoms with Gasteiger partial charge in [-0.3, -0.25) is 19.3 Å². The lowest BCUT2D eigenvalue weighted by Gasteiger charge is -2.19. The molecular formula is C20H21ClN2O5. The standard InChI is InChI=1S/C20H21ClN2O5/c1-2-27-16-10-12(11-22)9-15(21)18(16)28-17(24)7-8-23-19(25)13-5-3-4-6-14(13)20(23)26/h9-10,13-14H,2-8H2,1H3/t13-,14+. The van der Waals surface area contributed by atoms with Gasteiger partial charge in [-0.25, -0.2) is 0 Å². The highest BCUT2D eigenvalue weighted by molar-refractivity contribution is 6.32. The number of hydrogen-bond acceptors (Lipinski definition) is 6. The van der Waals surface area contributed by atoms with Crippen LogP contribution >= 0.6 is 11.6 Å². The molecule has 0 N–H and O–H groups in total. The summed E-state index contributed by atoms with van der Waals surface area (Å²) in [5.74, 6) is -1.27. The van der Waals surface area contributed by atoms with Gasteiger partial charge in [-0.15, -0.1) is 0 Å². The van der Waals surface area contributed by atoms with Gasteiger partial charge in [-0.1, -0.05) is 24.4 Å². The molecule has 8 heteroatoms. The van der Waals surface area contributed by atoms with Crippen LogP contribution in [0.1, 0.15) is 44.6 Å². The first-order valence-corrected chi connectivity index (χ1v) is 9.76. The summed E-state index contributed by atoms with van der Waals surface area (Å²) >= 11 is 6.12. The summed E-state index contributed by atoms with van der Waals surface area (Å²) in [6.45, 7) is 2.04. The zero-order chi connectivity index (χ0) is 20.3. The maximum absolute atomic E-state index is 12.5. The van der Waals surface area contributed by atoms with Crippen molar-refractivity contribution >= 4 is 29.4 Å². The van der Waals surface area contributed by atoms with Gasteiger partial charge < -0.3 is 9.47 Å². The van der Waals surface area contributed by atoms with Crippen LogP contribution in [-0.2, 0) is 14.4 Å². The molecule has 1 saturated carbocycles. The highest BCUT2D eigenvalue weighted by atomic mass is 35.5. The number of benzene rings is 1. The van der Waals surface area contributed by atoms with Crippen LogP contribution in [0.3, 0.4) is 0 Å². The summed E-state index contributed by atoms with van der Waals surface area (Å²) in [5, 5.41) is 9.11. The Balaban J connectivity index is 1.66. The van der Waals surface area contributed by atoms with E-state index in [0.717, 1.165) is 25.7 Å². The summed E-state index contributed by atoms with van der Waals surface area (Å²) < 4.78 is 10.7. The second kappa shape index (κ2) is 8.61. The SMILES string of the molecule is CCOc1cc(C#N)cc(Cl)c1OC(=O)CCN1C(=O)[C@H]2CCCC[C@H]2C1=O. The summed E-state index contributed by atoms with van der Waals surface area (Å²) in [7, 11) is 0. The fourth-order valence-electron chi connectivity index (χ4n) is 3.81. The largest absolute Gasteiger partial charge is 0.490 e. The number of carbonyl (C=O) groups excluding carboxylic acids is 3. The Kier molecular flexibility index (Phi) is 6.20. The fourth-order valence-corrected chi connectivity index (χ4v) is 4.06. The van der Waals surface area contributed by atoms with E-state index in [9.17, 15) is 14.4 Å². The van der Waals surface area contributed by atoms with Crippen LogP contribution in [0.25, 0.3) is 0 Å². The molecule has 1 aromatic rings. The molecule has 1 aromatic carbocycles. The molecule has 0 aromatic heterocycles. The highest BCUT2D eigenvalue weighted by Crippen LogP contribution is 2.39. The molecule has 1 aliphatic heterocycles. The Morgan fingerprint density at radius 2 is 1.89 bits per heavy atom. The lowest BCUT2D eigenvalue weighted by atomic mass is 9.81. The van der Waals surface area contributed by atoms with E-state index < -0.39 is 5.97 Å². The van der Waals surface area contributed by atoms with E-state index in [2.05, 4.69) is 0 Å². The van der Waals surface area contributed by atoms with Crippen molar-refractivity contribution in [2.45, 2.75) is 39.0 Å². The van der Waals surface area contributed by atoms with Gasteiger partial charge in [0, 0.05) is 12.6 Å². The number of likely N-dealkylation sites (tertiary alicyclic amines) is 1. The van der Waals surface area contributed by atoms with E-state index in [-0.39, 0.29) is 58.7 Å². The highest BCUT2D eigenvalue weighted by Gasteiger charge is 2.47. The Morgan fingerprint density at radius 1 is 1.25 bits per heavy atom. The van der Waals surface area contributed by atoms with Gasteiger partial charge in [-0.2, -0.15) is 5.26 Å². The second-order valence-corrected chi connectivity index (χ2v) is 7.29. The van der Waals surface area contributed by atoms with Crippen molar-refractivity contribution in [1.82, 2.24) is 4.90 Å². The molecule has 0 radical (unpaired) electrons. The number of imide groups is 1. The first kappa shape index (κ1) is 20.2. The number of carbonyl (C=O) groups is 3. The van der Waals surface area contributed by atoms with E-state index in [1.54, 1.807) is 6.92 Å². The number of nitriles is 1. The first-order valence-electron chi connectivity index (χ1n) is 9.38. The van der Waals surface area contributed by atoms with Gasteiger partial charge in [0.25, 0.3) is 0 Å². The predicted octanol–water partition coefficient (Wildman–Crippen LogP) is 3.08. The topological polar surface area (TPSA) is 96.7 Å². The number of nitrogens with zero attached hydrogens (tertiary/aromatic N) is 2. The van der Waals surface area contributed by atoms with E-state index in [0.29, 0.717) is 6.61 Å². The third-order valence-corrected chi connectivity index (χ3v) is 5.41. The molecule has 3 rings (SSSR count). The molecule has 0 unspecified atom stereocenters. The Bertz CT molecular complexity index is 824. The van der Waals surface area contributed by atoms with Crippen molar-refractivity contribution in [3.63, 3.8) is 0 Å². The predicted molar refractivity (Wildman–Crippen MR) is 99.8 cm³/mol. The molecule has 1 heterocycles. The minimum Gasteiger partial charge on any atom is -0.490 e. The number of esters is 1. The monoisotopic (exact) mass is 404 g/mol. The average Bonchev–Trinajstić information content (AvgIpc) is 2.93. The minimum atomic E-state index is -0.636. The molecule has 1 aliphatic carbocycles. The van der Waals surface area contributed by atoms with Crippen LogP contribution in [0.5, 0.6) is 11.5 Å². The lowest BCUT2D eigenvalue weighted by molar-refractivity contribution is -0.141. The van der Waals surface area contributed by atoms with Crippen LogP contribution in [0.2, 0.25) is 5.02 Å². The molecule has 0 spiro atoms. The van der Waals surface area contributed by atoms with Crippen molar-refractivity contribution in [3.05, 3.63) is 22.7 Å². The summed E-state index contributed by atoms with van der Waals surface area (Å²) in [4.78, 5) is 38.4. The van der Waals surface area contributed by atoms with Crippen molar-refractivity contribution in [2.24, 2.45) is 11.8 Å². The minimum absolute atomic E-state index is 0.0125. The van der Waals surface area contributed by atoms with E-state index in [1.807, 2.05) is 6.07 Å². The summed E-state index contributed by atoms with van der Waals surface area (Å²) in [6, 6.07) is 4.78. The zero-order valence-electron chi connectivity index (χ0n) is 15.6. The van der Waals surface area contributed by atoms with Crippen LogP contribution in [0, 0.1) is 23.2 Å². The van der Waals surface area contributed by atoms with Crippen LogP contribution in [0.15, 0.2) is 12.1 Å². The molecule has 1 saturated heterocycles. The van der Waals surface area contributed by atoms with Gasteiger partial charge in [0.15, 0.2) is 11.5 Å². The van der Waals surface area contributed by atoms with Crippen LogP contribution < -0.4 is 9.47 Å². The molecular weight excluding hydrogens is 384 g/mol. The third-order valence-electron chi connectivity index (χ3n) is 5.13. The van der Waals surface area contributed by atoms with E-state index >= 15 is 0 Å². The molecule has 148 valence electrons. The summed E-state index contributed by atoms with van der Waals surface area (Å²) in [6.07, 6.45) is 3.23. The maximum Gasteiger partial charge on any atom is 0.313 e. The maximum atomic E-state index is 12.5. The fraction of sp³-hybridized carbons (Fsp3) is 0.500. The van der Waals surface area contributed by atoms with Gasteiger partial charge in [-0.05, 0) is 25.8 Å². The van der Waals surface area contributed by atoms with E-state index in [4.69, 9.17) is 26.3 Å². The molecule has 2 fully saturated rings. The van der Waals surface area contributed by atoms with Crippen molar-refractivity contribution in [2.75, 3.05) is 13.2 Å². The molecule has 7 nitrogen and oxygen atoms in total. The molecule has 2 amide bonds. The van der Waals surface area contributed by atoms with Gasteiger partial charge in [0.05, 0.1) is 41.5 Å². The Labute approximate surface area is 168 Å². The lowest BCUT2D eigenvalue weighted by Crippen LogP contribution is -2.33. The Morgan fingerprint density at radius 3 is 2.46 bits per heavy atom. The number of fused-ring (bicyclic) bond motifs is 1. The second-order valence-electron chi connectivity index (χ2n) is 6.88. The normalized spacial score (nSPS) is 21.2. The molecule has 2 aliphatic rings. The molecule has 0 bridgehead atoms.